The van der Waals surface area contributed by atoms with Gasteiger partial charge in [0, 0.05) is 24.0 Å². The highest BCUT2D eigenvalue weighted by molar-refractivity contribution is 6.29. The Bertz CT molecular complexity index is 554. The summed E-state index contributed by atoms with van der Waals surface area (Å²) in [5, 5.41) is 3.08. The van der Waals surface area contributed by atoms with E-state index < -0.39 is 0 Å². The van der Waals surface area contributed by atoms with Crippen molar-refractivity contribution >= 4 is 23.2 Å². The molecule has 2 aromatic rings. The summed E-state index contributed by atoms with van der Waals surface area (Å²) in [5.74, 6) is -0.194. The molecule has 0 atom stereocenters. The highest BCUT2D eigenvalue weighted by Gasteiger charge is 2.06. The number of amides is 1. The minimum atomic E-state index is -0.194. The number of aromatic nitrogens is 1. The van der Waals surface area contributed by atoms with Crippen molar-refractivity contribution in [3.63, 3.8) is 0 Å². The summed E-state index contributed by atoms with van der Waals surface area (Å²) in [5.41, 5.74) is 7.66. The topological polar surface area (TPSA) is 68.0 Å². The summed E-state index contributed by atoms with van der Waals surface area (Å²) >= 11 is 5.74. The van der Waals surface area contributed by atoms with Crippen molar-refractivity contribution in [2.24, 2.45) is 5.73 Å². The minimum Gasteiger partial charge on any atom is -0.326 e. The third kappa shape index (κ3) is 3.06. The average molecular weight is 262 g/mol. The second-order valence-electron chi connectivity index (χ2n) is 3.72. The molecule has 1 heterocycles. The number of pyridine rings is 1. The van der Waals surface area contributed by atoms with Gasteiger partial charge in [-0.3, -0.25) is 4.79 Å². The summed E-state index contributed by atoms with van der Waals surface area (Å²) in [6.07, 6.45) is 1.54. The van der Waals surface area contributed by atoms with E-state index in [1.54, 1.807) is 24.3 Å². The van der Waals surface area contributed by atoms with Crippen LogP contribution >= 0.6 is 11.6 Å². The number of benzene rings is 1. The first-order chi connectivity index (χ1) is 8.69. The summed E-state index contributed by atoms with van der Waals surface area (Å²) in [7, 11) is 0. The quantitative estimate of drug-likeness (QED) is 0.834. The highest BCUT2D eigenvalue weighted by Crippen LogP contribution is 2.13. The molecule has 1 aromatic heterocycles. The molecule has 2 rings (SSSR count). The van der Waals surface area contributed by atoms with E-state index in [2.05, 4.69) is 10.3 Å². The van der Waals surface area contributed by atoms with E-state index in [-0.39, 0.29) is 5.91 Å². The second kappa shape index (κ2) is 5.62. The summed E-state index contributed by atoms with van der Waals surface area (Å²) in [6.45, 7) is 0.460. The third-order valence-corrected chi connectivity index (χ3v) is 2.64. The Kier molecular flexibility index (Phi) is 3.92. The lowest BCUT2D eigenvalue weighted by molar-refractivity contribution is 0.102. The molecule has 0 fully saturated rings. The lowest BCUT2D eigenvalue weighted by Crippen LogP contribution is -2.12. The van der Waals surface area contributed by atoms with Crippen LogP contribution in [0.15, 0.2) is 42.6 Å². The first-order valence-electron chi connectivity index (χ1n) is 5.41. The van der Waals surface area contributed by atoms with Crippen LogP contribution in [-0.2, 0) is 6.54 Å². The van der Waals surface area contributed by atoms with Gasteiger partial charge in [-0.05, 0) is 29.8 Å². The van der Waals surface area contributed by atoms with Crippen molar-refractivity contribution in [3.05, 3.63) is 58.9 Å². The summed E-state index contributed by atoms with van der Waals surface area (Å²) in [6, 6.07) is 10.4. The largest absolute Gasteiger partial charge is 0.326 e. The monoisotopic (exact) mass is 261 g/mol. The van der Waals surface area contributed by atoms with Gasteiger partial charge in [0.2, 0.25) is 0 Å². The molecule has 3 N–H and O–H groups in total. The number of carbonyl (C=O) groups excluding carboxylic acids is 1. The van der Waals surface area contributed by atoms with Crippen molar-refractivity contribution in [2.75, 3.05) is 5.32 Å². The predicted octanol–water partition coefficient (Wildman–Crippen LogP) is 2.45. The Balaban J connectivity index is 2.11. The number of hydrogen-bond acceptors (Lipinski definition) is 3. The normalized spacial score (nSPS) is 10.1. The van der Waals surface area contributed by atoms with Crippen LogP contribution in [0.2, 0.25) is 5.15 Å². The Hall–Kier alpha value is -1.91. The number of nitrogens with one attached hydrogen (secondary N) is 1. The molecule has 18 heavy (non-hydrogen) atoms. The molecule has 0 aliphatic carbocycles. The van der Waals surface area contributed by atoms with Crippen molar-refractivity contribution in [2.45, 2.75) is 6.54 Å². The van der Waals surface area contributed by atoms with Gasteiger partial charge >= 0.3 is 0 Å². The van der Waals surface area contributed by atoms with Gasteiger partial charge in [0.25, 0.3) is 5.91 Å². The zero-order valence-electron chi connectivity index (χ0n) is 9.56. The maximum absolute atomic E-state index is 11.9. The third-order valence-electron chi connectivity index (χ3n) is 2.44. The van der Waals surface area contributed by atoms with E-state index in [1.807, 2.05) is 12.1 Å². The van der Waals surface area contributed by atoms with E-state index >= 15 is 0 Å². The maximum Gasteiger partial charge on any atom is 0.255 e. The van der Waals surface area contributed by atoms with Gasteiger partial charge in [-0.15, -0.1) is 0 Å². The summed E-state index contributed by atoms with van der Waals surface area (Å²) < 4.78 is 0. The zero-order chi connectivity index (χ0) is 13.0. The lowest BCUT2D eigenvalue weighted by atomic mass is 10.1. The summed E-state index contributed by atoms with van der Waals surface area (Å²) in [4.78, 5) is 15.8. The smallest absolute Gasteiger partial charge is 0.255 e. The van der Waals surface area contributed by atoms with Crippen LogP contribution < -0.4 is 11.1 Å². The minimum absolute atomic E-state index is 0.194. The van der Waals surface area contributed by atoms with Crippen LogP contribution in [0, 0.1) is 0 Å². The maximum atomic E-state index is 11.9. The number of carbonyl (C=O) groups is 1. The Morgan fingerprint density at radius 3 is 2.61 bits per heavy atom. The van der Waals surface area contributed by atoms with Crippen LogP contribution in [0.3, 0.4) is 0 Å². The van der Waals surface area contributed by atoms with Gasteiger partial charge in [0.1, 0.15) is 5.15 Å². The molecule has 0 aliphatic heterocycles. The highest BCUT2D eigenvalue weighted by atomic mass is 35.5. The van der Waals surface area contributed by atoms with Crippen LogP contribution in [0.25, 0.3) is 0 Å². The van der Waals surface area contributed by atoms with E-state index in [0.717, 1.165) is 5.56 Å². The lowest BCUT2D eigenvalue weighted by Gasteiger charge is -2.05. The Morgan fingerprint density at radius 2 is 2.00 bits per heavy atom. The van der Waals surface area contributed by atoms with Gasteiger partial charge in [-0.25, -0.2) is 4.98 Å². The fraction of sp³-hybridized carbons (Fsp3) is 0.0769. The zero-order valence-corrected chi connectivity index (χ0v) is 10.3. The van der Waals surface area contributed by atoms with Gasteiger partial charge in [0.05, 0.1) is 0 Å². The van der Waals surface area contributed by atoms with Gasteiger partial charge in [0.15, 0.2) is 0 Å². The van der Waals surface area contributed by atoms with E-state index in [9.17, 15) is 4.79 Å². The number of anilines is 1. The Labute approximate surface area is 110 Å². The van der Waals surface area contributed by atoms with E-state index in [1.165, 1.54) is 6.20 Å². The molecule has 0 saturated heterocycles. The van der Waals surface area contributed by atoms with Crippen molar-refractivity contribution in [1.82, 2.24) is 4.98 Å². The molecule has 0 spiro atoms. The molecule has 1 amide bonds. The molecule has 0 bridgehead atoms. The molecule has 0 unspecified atom stereocenters. The van der Waals surface area contributed by atoms with Crippen molar-refractivity contribution < 1.29 is 4.79 Å². The van der Waals surface area contributed by atoms with Crippen molar-refractivity contribution in [3.8, 4) is 0 Å². The van der Waals surface area contributed by atoms with Crippen LogP contribution in [-0.4, -0.2) is 10.9 Å². The molecule has 1 aromatic carbocycles. The fourth-order valence-electron chi connectivity index (χ4n) is 1.48. The van der Waals surface area contributed by atoms with Crippen LogP contribution in [0.5, 0.6) is 0 Å². The number of nitrogens with zero attached hydrogens (tertiary/aromatic N) is 1. The molecule has 0 aliphatic rings. The number of halogens is 1. The standard InChI is InChI=1S/C13H12ClN3O/c14-12-7-11(5-6-16-12)17-13(18)10-3-1-9(8-15)2-4-10/h1-7H,8,15H2,(H,16,17,18). The molecular weight excluding hydrogens is 250 g/mol. The van der Waals surface area contributed by atoms with Crippen LogP contribution in [0.4, 0.5) is 5.69 Å². The molecular formula is C13H12ClN3O. The first-order valence-corrected chi connectivity index (χ1v) is 5.79. The number of hydrogen-bond donors (Lipinski definition) is 2. The number of rotatable bonds is 3. The molecule has 0 radical (unpaired) electrons. The Morgan fingerprint density at radius 1 is 1.28 bits per heavy atom. The number of nitrogens with two attached hydrogens (primary N) is 1. The van der Waals surface area contributed by atoms with E-state index in [0.29, 0.717) is 22.9 Å². The molecule has 0 saturated carbocycles. The van der Waals surface area contributed by atoms with E-state index in [4.69, 9.17) is 17.3 Å². The molecule has 5 heteroatoms. The first kappa shape index (κ1) is 12.5. The SMILES string of the molecule is NCc1ccc(C(=O)Nc2ccnc(Cl)c2)cc1. The van der Waals surface area contributed by atoms with Crippen molar-refractivity contribution in [1.29, 1.82) is 0 Å². The predicted molar refractivity (Wildman–Crippen MR) is 71.5 cm³/mol. The molecule has 92 valence electrons. The average Bonchev–Trinajstić information content (AvgIpc) is 2.39. The van der Waals surface area contributed by atoms with Gasteiger partial charge in [-0.1, -0.05) is 23.7 Å². The second-order valence-corrected chi connectivity index (χ2v) is 4.11. The van der Waals surface area contributed by atoms with Gasteiger partial charge in [-0.2, -0.15) is 0 Å². The fourth-order valence-corrected chi connectivity index (χ4v) is 1.65. The van der Waals surface area contributed by atoms with Crippen LogP contribution in [0.1, 0.15) is 15.9 Å². The van der Waals surface area contributed by atoms with Gasteiger partial charge < -0.3 is 11.1 Å². The molecule has 4 nitrogen and oxygen atoms in total.